The first-order valence-electron chi connectivity index (χ1n) is 8.37. The van der Waals surface area contributed by atoms with Gasteiger partial charge in [-0.2, -0.15) is 4.31 Å². The number of halogens is 1. The summed E-state index contributed by atoms with van der Waals surface area (Å²) in [4.78, 5) is 13.5. The molecule has 0 bridgehead atoms. The van der Waals surface area contributed by atoms with Gasteiger partial charge in [0.05, 0.1) is 10.5 Å². The number of benzene rings is 1. The summed E-state index contributed by atoms with van der Waals surface area (Å²) in [5, 5.41) is 9.37. The van der Waals surface area contributed by atoms with E-state index < -0.39 is 16.0 Å². The molecule has 1 atom stereocenters. The van der Waals surface area contributed by atoms with Crippen molar-refractivity contribution in [2.24, 2.45) is 5.41 Å². The Labute approximate surface area is 153 Å². The van der Waals surface area contributed by atoms with Crippen LogP contribution in [0.2, 0.25) is 5.02 Å². The molecule has 1 aromatic carbocycles. The number of hydrogen-bond acceptors (Lipinski definition) is 4. The highest BCUT2D eigenvalue weighted by Gasteiger charge is 2.45. The number of nitrogens with zero attached hydrogens (tertiary/aromatic N) is 2. The van der Waals surface area contributed by atoms with E-state index in [2.05, 4.69) is 11.9 Å². The van der Waals surface area contributed by atoms with E-state index in [1.165, 1.54) is 16.4 Å². The van der Waals surface area contributed by atoms with E-state index >= 15 is 0 Å². The number of carbonyl (C=O) groups is 1. The van der Waals surface area contributed by atoms with Gasteiger partial charge in [-0.15, -0.1) is 0 Å². The fourth-order valence-corrected chi connectivity index (χ4v) is 6.17. The fourth-order valence-electron chi connectivity index (χ4n) is 4.07. The average molecular weight is 387 g/mol. The Kier molecular flexibility index (Phi) is 4.87. The zero-order valence-corrected chi connectivity index (χ0v) is 16.0. The van der Waals surface area contributed by atoms with Gasteiger partial charge < -0.3 is 10.0 Å². The van der Waals surface area contributed by atoms with Crippen molar-refractivity contribution in [1.82, 2.24) is 9.21 Å². The van der Waals surface area contributed by atoms with E-state index in [0.717, 1.165) is 32.4 Å². The lowest BCUT2D eigenvalue weighted by atomic mass is 9.79. The minimum Gasteiger partial charge on any atom is -0.478 e. The number of sulfonamides is 1. The van der Waals surface area contributed by atoms with E-state index in [9.17, 15) is 18.3 Å². The summed E-state index contributed by atoms with van der Waals surface area (Å²) >= 11 is 6.08. The standard InChI is InChI=1S/C17H23ClN2O4S/c1-12-14(18)8-13(16(21)22)9-15(12)25(23,24)20-7-5-17(11-20)4-3-6-19(2)10-17/h8-9H,3-7,10-11H2,1-2H3,(H,21,22). The predicted molar refractivity (Wildman–Crippen MR) is 95.7 cm³/mol. The van der Waals surface area contributed by atoms with Crippen LogP contribution in [-0.4, -0.2) is 61.9 Å². The van der Waals surface area contributed by atoms with E-state index in [1.54, 1.807) is 6.92 Å². The molecule has 6 nitrogen and oxygen atoms in total. The van der Waals surface area contributed by atoms with Crippen LogP contribution in [0.25, 0.3) is 0 Å². The lowest BCUT2D eigenvalue weighted by Crippen LogP contribution is -2.43. The van der Waals surface area contributed by atoms with Crippen LogP contribution in [0.5, 0.6) is 0 Å². The minimum atomic E-state index is -3.77. The molecule has 0 saturated carbocycles. The van der Waals surface area contributed by atoms with Gasteiger partial charge in [-0.05, 0) is 62.9 Å². The largest absolute Gasteiger partial charge is 0.478 e. The van der Waals surface area contributed by atoms with Crippen LogP contribution in [0.1, 0.15) is 35.2 Å². The van der Waals surface area contributed by atoms with Gasteiger partial charge in [0.2, 0.25) is 10.0 Å². The molecule has 1 aromatic rings. The van der Waals surface area contributed by atoms with Crippen LogP contribution in [0.4, 0.5) is 0 Å². The van der Waals surface area contributed by atoms with Crippen LogP contribution < -0.4 is 0 Å². The van der Waals surface area contributed by atoms with Gasteiger partial charge in [0.25, 0.3) is 0 Å². The molecule has 25 heavy (non-hydrogen) atoms. The van der Waals surface area contributed by atoms with Gasteiger partial charge in [-0.25, -0.2) is 13.2 Å². The van der Waals surface area contributed by atoms with Crippen molar-refractivity contribution in [2.45, 2.75) is 31.1 Å². The molecule has 0 amide bonds. The molecule has 0 radical (unpaired) electrons. The van der Waals surface area contributed by atoms with E-state index in [4.69, 9.17) is 11.6 Å². The van der Waals surface area contributed by atoms with Crippen LogP contribution in [-0.2, 0) is 10.0 Å². The van der Waals surface area contributed by atoms with E-state index in [-0.39, 0.29) is 20.9 Å². The molecule has 138 valence electrons. The van der Waals surface area contributed by atoms with E-state index in [1.807, 2.05) is 0 Å². The van der Waals surface area contributed by atoms with Crippen molar-refractivity contribution in [3.63, 3.8) is 0 Å². The molecule has 1 N–H and O–H groups in total. The molecule has 3 rings (SSSR count). The van der Waals surface area contributed by atoms with Gasteiger partial charge in [-0.3, -0.25) is 0 Å². The number of likely N-dealkylation sites (tertiary alicyclic amines) is 1. The maximum Gasteiger partial charge on any atom is 0.335 e. The molecule has 8 heteroatoms. The highest BCUT2D eigenvalue weighted by atomic mass is 35.5. The minimum absolute atomic E-state index is 0.00128. The zero-order valence-electron chi connectivity index (χ0n) is 14.5. The summed E-state index contributed by atoms with van der Waals surface area (Å²) in [5.41, 5.74) is 0.288. The third kappa shape index (κ3) is 3.43. The second kappa shape index (κ2) is 6.54. The number of carboxylic acids is 1. The molecule has 2 aliphatic heterocycles. The lowest BCUT2D eigenvalue weighted by Gasteiger charge is -2.38. The Morgan fingerprint density at radius 1 is 1.24 bits per heavy atom. The Balaban J connectivity index is 1.94. The summed E-state index contributed by atoms with van der Waals surface area (Å²) in [6.45, 7) is 4.50. The maximum absolute atomic E-state index is 13.2. The Morgan fingerprint density at radius 3 is 2.60 bits per heavy atom. The Morgan fingerprint density at radius 2 is 1.96 bits per heavy atom. The molecule has 1 spiro atoms. The van der Waals surface area contributed by atoms with Crippen molar-refractivity contribution in [1.29, 1.82) is 0 Å². The molecule has 2 saturated heterocycles. The third-order valence-electron chi connectivity index (χ3n) is 5.42. The average Bonchev–Trinajstić information content (AvgIpc) is 2.93. The van der Waals surface area contributed by atoms with Crippen LogP contribution in [0.15, 0.2) is 17.0 Å². The number of piperidine rings is 1. The monoisotopic (exact) mass is 386 g/mol. The van der Waals surface area contributed by atoms with Gasteiger partial charge >= 0.3 is 5.97 Å². The smallest absolute Gasteiger partial charge is 0.335 e. The summed E-state index contributed by atoms with van der Waals surface area (Å²) in [5.74, 6) is -1.19. The van der Waals surface area contributed by atoms with Gasteiger partial charge in [0, 0.05) is 24.7 Å². The fraction of sp³-hybridized carbons (Fsp3) is 0.588. The molecule has 1 unspecified atom stereocenters. The molecular weight excluding hydrogens is 364 g/mol. The van der Waals surface area contributed by atoms with Crippen LogP contribution in [0.3, 0.4) is 0 Å². The number of rotatable bonds is 3. The third-order valence-corrected chi connectivity index (χ3v) is 7.78. The topological polar surface area (TPSA) is 77.9 Å². The summed E-state index contributed by atoms with van der Waals surface area (Å²) in [7, 11) is -1.71. The first kappa shape index (κ1) is 18.6. The summed E-state index contributed by atoms with van der Waals surface area (Å²) < 4.78 is 27.8. The second-order valence-corrected chi connectivity index (χ2v) is 9.63. The van der Waals surface area contributed by atoms with Gasteiger partial charge in [0.15, 0.2) is 0 Å². The zero-order chi connectivity index (χ0) is 18.4. The highest BCUT2D eigenvalue weighted by molar-refractivity contribution is 7.89. The van der Waals surface area contributed by atoms with Gasteiger partial charge in [0.1, 0.15) is 0 Å². The quantitative estimate of drug-likeness (QED) is 0.863. The molecule has 2 fully saturated rings. The van der Waals surface area contributed by atoms with E-state index in [0.29, 0.717) is 18.7 Å². The second-order valence-electron chi connectivity index (χ2n) is 7.32. The number of carboxylic acid groups (broad SMARTS) is 1. The lowest BCUT2D eigenvalue weighted by molar-refractivity contribution is 0.0696. The molecule has 0 aliphatic carbocycles. The SMILES string of the molecule is Cc1c(Cl)cc(C(=O)O)cc1S(=O)(=O)N1CCC2(CCCN(C)C2)C1. The molecule has 2 heterocycles. The number of aromatic carboxylic acids is 1. The van der Waals surface area contributed by atoms with Crippen LogP contribution >= 0.6 is 11.6 Å². The summed E-state index contributed by atoms with van der Waals surface area (Å²) in [6, 6.07) is 2.51. The Bertz CT molecular complexity index is 811. The van der Waals surface area contributed by atoms with Crippen molar-refractivity contribution in [2.75, 3.05) is 33.2 Å². The van der Waals surface area contributed by atoms with Crippen molar-refractivity contribution < 1.29 is 18.3 Å². The highest BCUT2D eigenvalue weighted by Crippen LogP contribution is 2.41. The van der Waals surface area contributed by atoms with Crippen LogP contribution in [0, 0.1) is 12.3 Å². The number of hydrogen-bond donors (Lipinski definition) is 1. The molecule has 0 aromatic heterocycles. The Hall–Kier alpha value is -1.15. The predicted octanol–water partition coefficient (Wildman–Crippen LogP) is 2.45. The van der Waals surface area contributed by atoms with Gasteiger partial charge in [-0.1, -0.05) is 11.6 Å². The van der Waals surface area contributed by atoms with Crippen molar-refractivity contribution >= 4 is 27.6 Å². The molecular formula is C17H23ClN2O4S. The summed E-state index contributed by atoms with van der Waals surface area (Å²) in [6.07, 6.45) is 2.93. The maximum atomic E-state index is 13.2. The molecule has 2 aliphatic rings. The normalized spacial score (nSPS) is 25.6. The van der Waals surface area contributed by atoms with Crippen molar-refractivity contribution in [3.05, 3.63) is 28.3 Å². The first-order chi connectivity index (χ1) is 11.6. The van der Waals surface area contributed by atoms with Crippen molar-refractivity contribution in [3.8, 4) is 0 Å². The first-order valence-corrected chi connectivity index (χ1v) is 10.2.